The van der Waals surface area contributed by atoms with Crippen LogP contribution in [0, 0.1) is 17.7 Å². The predicted octanol–water partition coefficient (Wildman–Crippen LogP) is 3.79. The highest BCUT2D eigenvalue weighted by molar-refractivity contribution is 6.02. The van der Waals surface area contributed by atoms with Gasteiger partial charge >= 0.3 is 6.18 Å². The van der Waals surface area contributed by atoms with Gasteiger partial charge < -0.3 is 19.8 Å². The number of nitrogens with zero attached hydrogens (tertiary/aromatic N) is 5. The van der Waals surface area contributed by atoms with Crippen LogP contribution in [0.3, 0.4) is 0 Å². The monoisotopic (exact) mass is 549 g/mol. The fourth-order valence-electron chi connectivity index (χ4n) is 5.12. The predicted molar refractivity (Wildman–Crippen MR) is 136 cm³/mol. The van der Waals surface area contributed by atoms with Gasteiger partial charge in [0.2, 0.25) is 0 Å². The molecule has 4 rings (SSSR count). The van der Waals surface area contributed by atoms with E-state index < -0.39 is 41.1 Å². The molecule has 0 saturated heterocycles. The molecule has 0 atom stereocenters. The summed E-state index contributed by atoms with van der Waals surface area (Å²) in [6.45, 7) is 4.98. The number of halogens is 4. The largest absolute Gasteiger partial charge is 0.406 e. The number of nitrogens with one attached hydrogen (secondary N) is 2. The van der Waals surface area contributed by atoms with Gasteiger partial charge in [-0.2, -0.15) is 13.2 Å². The van der Waals surface area contributed by atoms with Crippen molar-refractivity contribution < 1.29 is 22.4 Å². The van der Waals surface area contributed by atoms with Crippen LogP contribution in [0.15, 0.2) is 35.5 Å². The SMILES string of the molecule is CC(C)CNCc1cn(CC(F)(F)F)c(=O)c(C(=O)Nc2cc(C3(c4nncn4C)CC(C)C3)ccc2F)n1. The van der Waals surface area contributed by atoms with Gasteiger partial charge in [0.25, 0.3) is 11.5 Å². The molecule has 2 heterocycles. The van der Waals surface area contributed by atoms with Crippen LogP contribution in [0.4, 0.5) is 23.2 Å². The van der Waals surface area contributed by atoms with E-state index in [1.165, 1.54) is 12.1 Å². The number of aryl methyl sites for hydroxylation is 1. The summed E-state index contributed by atoms with van der Waals surface area (Å²) in [6, 6.07) is 4.28. The van der Waals surface area contributed by atoms with Gasteiger partial charge in [-0.15, -0.1) is 10.2 Å². The second kappa shape index (κ2) is 10.9. The number of hydrogen-bond acceptors (Lipinski definition) is 6. The fraction of sp³-hybridized carbons (Fsp3) is 0.500. The standard InChI is InChI=1S/C26H31F4N7O2/c1-15(2)10-31-11-18-12-37(13-26(28,29)30)23(39)21(33-18)22(38)34-20-7-17(5-6-19(20)27)25(8-16(3)9-25)24-35-32-14-36(24)4/h5-7,12,14-16,31H,8-11,13H2,1-4H3,(H,34,38). The highest BCUT2D eigenvalue weighted by atomic mass is 19.4. The minimum atomic E-state index is -4.70. The lowest BCUT2D eigenvalue weighted by atomic mass is 9.58. The van der Waals surface area contributed by atoms with Crippen LogP contribution in [0.25, 0.3) is 0 Å². The summed E-state index contributed by atoms with van der Waals surface area (Å²) in [6.07, 6.45) is -0.687. The second-order valence-corrected chi connectivity index (χ2v) is 10.7. The van der Waals surface area contributed by atoms with Crippen LogP contribution < -0.4 is 16.2 Å². The molecule has 1 amide bonds. The van der Waals surface area contributed by atoms with Gasteiger partial charge in [-0.1, -0.05) is 26.8 Å². The molecule has 1 aromatic carbocycles. The van der Waals surface area contributed by atoms with Crippen molar-refractivity contribution >= 4 is 11.6 Å². The molecular formula is C26H31F4N7O2. The maximum atomic E-state index is 14.9. The maximum absolute atomic E-state index is 14.9. The molecule has 0 radical (unpaired) electrons. The van der Waals surface area contributed by atoms with Gasteiger partial charge in [0.1, 0.15) is 24.5 Å². The zero-order valence-corrected chi connectivity index (χ0v) is 22.1. The smallest absolute Gasteiger partial charge is 0.320 e. The van der Waals surface area contributed by atoms with E-state index in [0.717, 1.165) is 19.0 Å². The zero-order valence-electron chi connectivity index (χ0n) is 22.1. The average Bonchev–Trinajstić information content (AvgIpc) is 3.25. The lowest BCUT2D eigenvalue weighted by Gasteiger charge is -2.46. The maximum Gasteiger partial charge on any atom is 0.406 e. The van der Waals surface area contributed by atoms with Crippen LogP contribution in [0.5, 0.6) is 0 Å². The van der Waals surface area contributed by atoms with E-state index in [9.17, 15) is 27.2 Å². The minimum absolute atomic E-state index is 0.0405. The van der Waals surface area contributed by atoms with Gasteiger partial charge in [0.05, 0.1) is 16.8 Å². The van der Waals surface area contributed by atoms with Crippen molar-refractivity contribution in [2.75, 3.05) is 11.9 Å². The third-order valence-corrected chi connectivity index (χ3v) is 6.75. The number of anilines is 1. The molecule has 9 nitrogen and oxygen atoms in total. The highest BCUT2D eigenvalue weighted by Gasteiger charge is 2.48. The summed E-state index contributed by atoms with van der Waals surface area (Å²) in [5.41, 5.74) is -1.97. The summed E-state index contributed by atoms with van der Waals surface area (Å²) in [5.74, 6) is -0.533. The Morgan fingerprint density at radius 2 is 1.97 bits per heavy atom. The zero-order chi connectivity index (χ0) is 28.5. The summed E-state index contributed by atoms with van der Waals surface area (Å²) in [7, 11) is 1.81. The Kier molecular flexibility index (Phi) is 7.92. The molecule has 0 bridgehead atoms. The number of benzene rings is 1. The average molecular weight is 550 g/mol. The van der Waals surface area contributed by atoms with Crippen molar-refractivity contribution in [3.8, 4) is 0 Å². The lowest BCUT2D eigenvalue weighted by Crippen LogP contribution is -2.43. The Morgan fingerprint density at radius 1 is 1.26 bits per heavy atom. The second-order valence-electron chi connectivity index (χ2n) is 10.7. The number of aromatic nitrogens is 5. The molecule has 2 N–H and O–H groups in total. The van der Waals surface area contributed by atoms with Crippen molar-refractivity contribution in [2.45, 2.75) is 58.3 Å². The van der Waals surface area contributed by atoms with Crippen LogP contribution in [-0.4, -0.2) is 42.9 Å². The quantitative estimate of drug-likeness (QED) is 0.394. The molecule has 2 aromatic heterocycles. The van der Waals surface area contributed by atoms with Gasteiger partial charge in [-0.25, -0.2) is 9.37 Å². The van der Waals surface area contributed by atoms with E-state index in [0.29, 0.717) is 28.4 Å². The third-order valence-electron chi connectivity index (χ3n) is 6.75. The number of carbonyl (C=O) groups excluding carboxylic acids is 1. The van der Waals surface area contributed by atoms with Gasteiger partial charge in [0.15, 0.2) is 5.69 Å². The van der Waals surface area contributed by atoms with E-state index in [-0.39, 0.29) is 23.8 Å². The number of hydrogen-bond donors (Lipinski definition) is 2. The van der Waals surface area contributed by atoms with E-state index in [2.05, 4.69) is 32.7 Å². The van der Waals surface area contributed by atoms with E-state index in [4.69, 9.17) is 0 Å². The minimum Gasteiger partial charge on any atom is -0.320 e. The molecule has 1 aliphatic rings. The van der Waals surface area contributed by atoms with E-state index in [1.54, 1.807) is 17.0 Å². The molecular weight excluding hydrogens is 518 g/mol. The molecule has 3 aromatic rings. The summed E-state index contributed by atoms with van der Waals surface area (Å²) in [4.78, 5) is 30.0. The molecule has 1 saturated carbocycles. The number of amides is 1. The first-order valence-corrected chi connectivity index (χ1v) is 12.6. The molecule has 1 aliphatic carbocycles. The van der Waals surface area contributed by atoms with Crippen molar-refractivity contribution in [1.29, 1.82) is 0 Å². The van der Waals surface area contributed by atoms with Crippen molar-refractivity contribution in [3.63, 3.8) is 0 Å². The van der Waals surface area contributed by atoms with Crippen molar-refractivity contribution in [2.24, 2.45) is 18.9 Å². The molecule has 13 heteroatoms. The first kappa shape index (κ1) is 28.4. The van der Waals surface area contributed by atoms with Crippen molar-refractivity contribution in [3.05, 3.63) is 69.7 Å². The summed E-state index contributed by atoms with van der Waals surface area (Å²) < 4.78 is 56.5. The first-order valence-electron chi connectivity index (χ1n) is 12.6. The Bertz CT molecular complexity index is 1410. The van der Waals surface area contributed by atoms with Gasteiger partial charge in [-0.05, 0) is 48.9 Å². The normalized spacial score (nSPS) is 19.3. The van der Waals surface area contributed by atoms with Crippen LogP contribution in [0.2, 0.25) is 0 Å². The molecule has 210 valence electrons. The molecule has 1 fully saturated rings. The Hall–Kier alpha value is -3.61. The van der Waals surface area contributed by atoms with Crippen LogP contribution >= 0.6 is 0 Å². The topological polar surface area (TPSA) is 107 Å². The highest BCUT2D eigenvalue weighted by Crippen LogP contribution is 2.51. The Labute approximate surface area is 222 Å². The molecule has 39 heavy (non-hydrogen) atoms. The van der Waals surface area contributed by atoms with Gasteiger partial charge in [0, 0.05) is 19.8 Å². The van der Waals surface area contributed by atoms with E-state index in [1.807, 2.05) is 20.9 Å². The van der Waals surface area contributed by atoms with Crippen molar-refractivity contribution in [1.82, 2.24) is 29.6 Å². The number of carbonyl (C=O) groups is 1. The molecule has 0 aliphatic heterocycles. The lowest BCUT2D eigenvalue weighted by molar-refractivity contribution is -0.141. The van der Waals surface area contributed by atoms with Crippen LogP contribution in [0.1, 0.15) is 61.2 Å². The first-order chi connectivity index (χ1) is 18.3. The fourth-order valence-corrected chi connectivity index (χ4v) is 5.12. The third kappa shape index (κ3) is 6.18. The summed E-state index contributed by atoms with van der Waals surface area (Å²) in [5, 5.41) is 13.6. The molecule has 0 unspecified atom stereocenters. The van der Waals surface area contributed by atoms with Crippen LogP contribution in [-0.2, 0) is 25.6 Å². The van der Waals surface area contributed by atoms with E-state index >= 15 is 0 Å². The Balaban J connectivity index is 1.67. The van der Waals surface area contributed by atoms with Gasteiger partial charge in [-0.3, -0.25) is 9.59 Å². The summed E-state index contributed by atoms with van der Waals surface area (Å²) >= 11 is 0. The number of alkyl halides is 3. The molecule has 0 spiro atoms. The Morgan fingerprint density at radius 3 is 2.56 bits per heavy atom. The number of rotatable bonds is 9.